The van der Waals surface area contributed by atoms with Crippen LogP contribution in [0.15, 0.2) is 35.3 Å². The van der Waals surface area contributed by atoms with Crippen LogP contribution in [-0.2, 0) is 4.74 Å². The third-order valence-corrected chi connectivity index (χ3v) is 3.95. The number of aryl methyl sites for hydroxylation is 1. The van der Waals surface area contributed by atoms with Gasteiger partial charge >= 0.3 is 0 Å². The lowest BCUT2D eigenvalue weighted by Crippen LogP contribution is -2.25. The Bertz CT molecular complexity index is 394. The molecule has 2 unspecified atom stereocenters. The van der Waals surface area contributed by atoms with Crippen LogP contribution in [-0.4, -0.2) is 12.7 Å². The van der Waals surface area contributed by atoms with Crippen molar-refractivity contribution in [2.24, 2.45) is 0 Å². The number of hydrogen-bond donors (Lipinski definition) is 0. The highest BCUT2D eigenvalue weighted by atomic mass is 79.9. The zero-order chi connectivity index (χ0) is 12.3. The molecular weight excluding hydrogens is 276 g/mol. The molecule has 0 saturated carbocycles. The van der Waals surface area contributed by atoms with E-state index in [1.54, 1.807) is 0 Å². The molecule has 2 atom stereocenters. The molecule has 0 spiro atoms. The second-order valence-electron chi connectivity index (χ2n) is 4.67. The molecule has 1 aromatic carbocycles. The Balaban J connectivity index is 2.24. The van der Waals surface area contributed by atoms with Gasteiger partial charge in [0.1, 0.15) is 0 Å². The molecule has 0 aromatic heterocycles. The minimum absolute atomic E-state index is 0.307. The van der Waals surface area contributed by atoms with Crippen LogP contribution in [0.2, 0.25) is 0 Å². The number of benzene rings is 1. The lowest BCUT2D eigenvalue weighted by molar-refractivity contribution is 0.00765. The Morgan fingerprint density at radius 3 is 2.88 bits per heavy atom. The van der Waals surface area contributed by atoms with E-state index in [1.807, 2.05) is 6.08 Å². The summed E-state index contributed by atoms with van der Waals surface area (Å²) in [5, 5.41) is 0. The van der Waals surface area contributed by atoms with Gasteiger partial charge in [-0.15, -0.1) is 6.58 Å². The first-order chi connectivity index (χ1) is 8.22. The van der Waals surface area contributed by atoms with E-state index in [9.17, 15) is 0 Å². The predicted molar refractivity (Wildman–Crippen MR) is 75.4 cm³/mol. The Hall–Kier alpha value is -0.600. The lowest BCUT2D eigenvalue weighted by Gasteiger charge is -2.29. The van der Waals surface area contributed by atoms with Crippen molar-refractivity contribution in [3.63, 3.8) is 0 Å². The third kappa shape index (κ3) is 2.99. The molecule has 0 N–H and O–H groups in total. The standard InChI is InChI=1S/C15H19BrO/c1-3-13(15-6-4-5-9-17-15)14-8-7-12(16)10-11(14)2/h3,7-8,10,13,15H,1,4-6,9H2,2H3. The van der Waals surface area contributed by atoms with Crippen molar-refractivity contribution < 1.29 is 4.74 Å². The summed E-state index contributed by atoms with van der Waals surface area (Å²) in [7, 11) is 0. The minimum atomic E-state index is 0.307. The number of ether oxygens (including phenoxy) is 1. The largest absolute Gasteiger partial charge is 0.377 e. The SMILES string of the molecule is C=CC(c1ccc(Br)cc1C)C1CCCCO1. The fraction of sp³-hybridized carbons (Fsp3) is 0.467. The Morgan fingerprint density at radius 1 is 1.47 bits per heavy atom. The molecule has 0 amide bonds. The highest BCUT2D eigenvalue weighted by Gasteiger charge is 2.24. The van der Waals surface area contributed by atoms with Gasteiger partial charge in [-0.3, -0.25) is 0 Å². The molecule has 1 fully saturated rings. The first-order valence-electron chi connectivity index (χ1n) is 6.22. The molecule has 1 nitrogen and oxygen atoms in total. The topological polar surface area (TPSA) is 9.23 Å². The molecule has 1 aliphatic heterocycles. The zero-order valence-electron chi connectivity index (χ0n) is 10.3. The van der Waals surface area contributed by atoms with Crippen LogP contribution in [0.4, 0.5) is 0 Å². The normalized spacial score (nSPS) is 22.1. The van der Waals surface area contributed by atoms with Gasteiger partial charge in [0.15, 0.2) is 0 Å². The zero-order valence-corrected chi connectivity index (χ0v) is 11.9. The fourth-order valence-electron chi connectivity index (χ4n) is 2.54. The summed E-state index contributed by atoms with van der Waals surface area (Å²) in [5.74, 6) is 0.323. The van der Waals surface area contributed by atoms with Crippen LogP contribution in [0.3, 0.4) is 0 Å². The quantitative estimate of drug-likeness (QED) is 0.741. The monoisotopic (exact) mass is 294 g/mol. The molecule has 17 heavy (non-hydrogen) atoms. The summed E-state index contributed by atoms with van der Waals surface area (Å²) in [6.07, 6.45) is 5.95. The van der Waals surface area contributed by atoms with Crippen molar-refractivity contribution in [1.82, 2.24) is 0 Å². The Morgan fingerprint density at radius 2 is 2.29 bits per heavy atom. The molecule has 2 heteroatoms. The first kappa shape index (κ1) is 12.8. The van der Waals surface area contributed by atoms with E-state index in [0.717, 1.165) is 17.5 Å². The molecule has 0 aliphatic carbocycles. The summed E-state index contributed by atoms with van der Waals surface area (Å²) in [6.45, 7) is 7.03. The van der Waals surface area contributed by atoms with E-state index < -0.39 is 0 Å². The molecule has 1 aliphatic rings. The second kappa shape index (κ2) is 5.83. The van der Waals surface area contributed by atoms with Gasteiger partial charge in [0.2, 0.25) is 0 Å². The molecule has 2 rings (SSSR count). The molecule has 92 valence electrons. The predicted octanol–water partition coefficient (Wildman–Crippen LogP) is 4.60. The molecule has 1 aromatic rings. The van der Waals surface area contributed by atoms with Crippen molar-refractivity contribution in [2.75, 3.05) is 6.61 Å². The summed E-state index contributed by atoms with van der Waals surface area (Å²) < 4.78 is 7.02. The maximum atomic E-state index is 5.89. The highest BCUT2D eigenvalue weighted by Crippen LogP contribution is 2.32. The van der Waals surface area contributed by atoms with Crippen LogP contribution < -0.4 is 0 Å². The first-order valence-corrected chi connectivity index (χ1v) is 7.02. The van der Waals surface area contributed by atoms with E-state index in [-0.39, 0.29) is 0 Å². The van der Waals surface area contributed by atoms with Gasteiger partial charge in [-0.1, -0.05) is 28.1 Å². The lowest BCUT2D eigenvalue weighted by atomic mass is 9.87. The van der Waals surface area contributed by atoms with Gasteiger partial charge in [-0.05, 0) is 49.4 Å². The fourth-order valence-corrected chi connectivity index (χ4v) is 3.02. The van der Waals surface area contributed by atoms with E-state index in [4.69, 9.17) is 4.74 Å². The van der Waals surface area contributed by atoms with Crippen LogP contribution in [0, 0.1) is 6.92 Å². The van der Waals surface area contributed by atoms with Crippen LogP contribution in [0.25, 0.3) is 0 Å². The minimum Gasteiger partial charge on any atom is -0.377 e. The van der Waals surface area contributed by atoms with Crippen LogP contribution >= 0.6 is 15.9 Å². The van der Waals surface area contributed by atoms with Crippen molar-refractivity contribution in [3.8, 4) is 0 Å². The molecule has 0 bridgehead atoms. The summed E-state index contributed by atoms with van der Waals surface area (Å²) in [4.78, 5) is 0. The van der Waals surface area contributed by atoms with Gasteiger partial charge < -0.3 is 4.74 Å². The average molecular weight is 295 g/mol. The molecule has 1 saturated heterocycles. The Kier molecular flexibility index (Phi) is 4.41. The Labute approximate surface area is 112 Å². The summed E-state index contributed by atoms with van der Waals surface area (Å²) >= 11 is 3.51. The maximum Gasteiger partial charge on any atom is 0.0678 e. The number of rotatable bonds is 3. The number of halogens is 1. The van der Waals surface area contributed by atoms with Gasteiger partial charge in [-0.25, -0.2) is 0 Å². The molecular formula is C15H19BrO. The van der Waals surface area contributed by atoms with E-state index in [0.29, 0.717) is 12.0 Å². The van der Waals surface area contributed by atoms with Gasteiger partial charge in [0.25, 0.3) is 0 Å². The van der Waals surface area contributed by atoms with Crippen LogP contribution in [0.1, 0.15) is 36.3 Å². The second-order valence-corrected chi connectivity index (χ2v) is 5.58. The third-order valence-electron chi connectivity index (χ3n) is 3.46. The van der Waals surface area contributed by atoms with Crippen molar-refractivity contribution >= 4 is 15.9 Å². The summed E-state index contributed by atoms with van der Waals surface area (Å²) in [6, 6.07) is 6.44. The maximum absolute atomic E-state index is 5.89. The van der Waals surface area contributed by atoms with E-state index in [1.165, 1.54) is 24.0 Å². The van der Waals surface area contributed by atoms with Crippen LogP contribution in [0.5, 0.6) is 0 Å². The number of hydrogen-bond acceptors (Lipinski definition) is 1. The van der Waals surface area contributed by atoms with E-state index >= 15 is 0 Å². The molecule has 1 heterocycles. The van der Waals surface area contributed by atoms with Gasteiger partial charge in [0, 0.05) is 17.0 Å². The van der Waals surface area contributed by atoms with Gasteiger partial charge in [-0.2, -0.15) is 0 Å². The molecule has 0 radical (unpaired) electrons. The van der Waals surface area contributed by atoms with E-state index in [2.05, 4.69) is 47.6 Å². The highest BCUT2D eigenvalue weighted by molar-refractivity contribution is 9.10. The van der Waals surface area contributed by atoms with Gasteiger partial charge in [0.05, 0.1) is 6.10 Å². The van der Waals surface area contributed by atoms with Crippen molar-refractivity contribution in [2.45, 2.75) is 38.2 Å². The average Bonchev–Trinajstić information content (AvgIpc) is 2.34. The van der Waals surface area contributed by atoms with Crippen molar-refractivity contribution in [1.29, 1.82) is 0 Å². The smallest absolute Gasteiger partial charge is 0.0678 e. The summed E-state index contributed by atoms with van der Waals surface area (Å²) in [5.41, 5.74) is 2.65. The van der Waals surface area contributed by atoms with Crippen molar-refractivity contribution in [3.05, 3.63) is 46.5 Å².